The van der Waals surface area contributed by atoms with Gasteiger partial charge in [0.2, 0.25) is 0 Å². The zero-order valence-electron chi connectivity index (χ0n) is 19.3. The zero-order chi connectivity index (χ0) is 19.9. The fourth-order valence-corrected chi connectivity index (χ4v) is 9.77. The van der Waals surface area contributed by atoms with Crippen LogP contribution in [0.25, 0.3) is 0 Å². The van der Waals surface area contributed by atoms with Crippen molar-refractivity contribution in [3.63, 3.8) is 0 Å². The maximum atomic E-state index is 6.25. The largest absolute Gasteiger partial charge is 0.348 e. The second-order valence-corrected chi connectivity index (χ2v) is 12.4. The van der Waals surface area contributed by atoms with Gasteiger partial charge in [-0.3, -0.25) is 0 Å². The van der Waals surface area contributed by atoms with Crippen molar-refractivity contribution in [1.29, 1.82) is 0 Å². The third-order valence-corrected chi connectivity index (χ3v) is 11.4. The molecule has 5 aliphatic rings. The molecule has 0 aromatic heterocycles. The van der Waals surface area contributed by atoms with Crippen LogP contribution >= 0.6 is 0 Å². The Kier molecular flexibility index (Phi) is 4.58. The maximum Gasteiger partial charge on any atom is 0.169 e. The van der Waals surface area contributed by atoms with Gasteiger partial charge in [-0.2, -0.15) is 0 Å². The van der Waals surface area contributed by atoms with Gasteiger partial charge in [0.1, 0.15) is 0 Å². The predicted molar refractivity (Wildman–Crippen MR) is 114 cm³/mol. The van der Waals surface area contributed by atoms with Crippen molar-refractivity contribution in [3.8, 4) is 0 Å². The van der Waals surface area contributed by atoms with Crippen LogP contribution < -0.4 is 0 Å². The molecule has 160 valence electrons. The molecule has 0 aromatic carbocycles. The minimum Gasteiger partial charge on any atom is -0.348 e. The number of ether oxygens (including phenoxy) is 2. The number of hydrogen-bond donors (Lipinski definition) is 0. The van der Waals surface area contributed by atoms with Crippen molar-refractivity contribution in [2.45, 2.75) is 92.3 Å². The van der Waals surface area contributed by atoms with Crippen LogP contribution in [0.2, 0.25) is 0 Å². The molecular formula is C26H44O2. The molecule has 2 heteroatoms. The molecule has 0 N–H and O–H groups in total. The highest BCUT2D eigenvalue weighted by atomic mass is 16.7. The normalized spacial score (nSPS) is 58.1. The first-order chi connectivity index (χ1) is 13.2. The summed E-state index contributed by atoms with van der Waals surface area (Å²) in [5.41, 5.74) is 0.974. The van der Waals surface area contributed by atoms with Gasteiger partial charge >= 0.3 is 0 Å². The van der Waals surface area contributed by atoms with Crippen LogP contribution in [-0.4, -0.2) is 19.0 Å². The Labute approximate surface area is 173 Å². The van der Waals surface area contributed by atoms with Gasteiger partial charge in [-0.25, -0.2) is 0 Å². The van der Waals surface area contributed by atoms with Crippen molar-refractivity contribution in [1.82, 2.24) is 0 Å². The van der Waals surface area contributed by atoms with Gasteiger partial charge in [-0.05, 0) is 97.7 Å². The summed E-state index contributed by atoms with van der Waals surface area (Å²) in [5.74, 6) is 6.54. The topological polar surface area (TPSA) is 18.5 Å². The van der Waals surface area contributed by atoms with Crippen LogP contribution in [-0.2, 0) is 9.47 Å². The first-order valence-corrected chi connectivity index (χ1v) is 12.5. The highest BCUT2D eigenvalue weighted by molar-refractivity contribution is 5.13. The highest BCUT2D eigenvalue weighted by Crippen LogP contribution is 2.71. The summed E-state index contributed by atoms with van der Waals surface area (Å²) in [5, 5.41) is 0. The number of fused-ring (bicyclic) bond motifs is 5. The van der Waals surface area contributed by atoms with Gasteiger partial charge < -0.3 is 9.47 Å². The SMILES string of the molecule is CC1CCC2(C)C(C1)CC(C)C1C2CC(C)C2(C)C1CCC2C1(C)OCCO1. The van der Waals surface area contributed by atoms with Crippen molar-refractivity contribution in [2.75, 3.05) is 13.2 Å². The Morgan fingerprint density at radius 2 is 1.50 bits per heavy atom. The van der Waals surface area contributed by atoms with Crippen molar-refractivity contribution in [2.24, 2.45) is 58.2 Å². The molecule has 4 saturated carbocycles. The fraction of sp³-hybridized carbons (Fsp3) is 1.00. The lowest BCUT2D eigenvalue weighted by Gasteiger charge is -2.65. The molecule has 10 unspecified atom stereocenters. The van der Waals surface area contributed by atoms with E-state index in [1.807, 2.05) is 0 Å². The van der Waals surface area contributed by atoms with E-state index < -0.39 is 0 Å². The fourth-order valence-electron chi connectivity index (χ4n) is 9.77. The molecule has 4 aliphatic carbocycles. The summed E-state index contributed by atoms with van der Waals surface area (Å²) in [6.45, 7) is 16.9. The second kappa shape index (κ2) is 6.46. The Morgan fingerprint density at radius 3 is 2.21 bits per heavy atom. The lowest BCUT2D eigenvalue weighted by molar-refractivity contribution is -0.233. The Morgan fingerprint density at radius 1 is 0.786 bits per heavy atom. The van der Waals surface area contributed by atoms with Gasteiger partial charge in [-0.1, -0.05) is 41.0 Å². The first-order valence-electron chi connectivity index (χ1n) is 12.5. The Hall–Kier alpha value is -0.0800. The van der Waals surface area contributed by atoms with E-state index in [0.29, 0.717) is 16.7 Å². The van der Waals surface area contributed by atoms with Gasteiger partial charge in [-0.15, -0.1) is 0 Å². The van der Waals surface area contributed by atoms with Crippen LogP contribution in [0.4, 0.5) is 0 Å². The zero-order valence-corrected chi connectivity index (χ0v) is 19.3. The molecule has 5 fully saturated rings. The monoisotopic (exact) mass is 388 g/mol. The quantitative estimate of drug-likeness (QED) is 0.508. The average molecular weight is 389 g/mol. The summed E-state index contributed by atoms with van der Waals surface area (Å²) in [6.07, 6.45) is 10.1. The Balaban J connectivity index is 1.49. The molecule has 28 heavy (non-hydrogen) atoms. The average Bonchev–Trinajstić information content (AvgIpc) is 3.23. The molecule has 1 aliphatic heterocycles. The molecule has 0 amide bonds. The standard InChI is InChI=1S/C26H44O2/c1-16-9-10-24(4)19(13-16)14-17(2)23-20-7-8-22(26(6)27-11-12-28-26)25(20,5)18(3)15-21(23)24/h16-23H,7-15H2,1-6H3. The second-order valence-electron chi connectivity index (χ2n) is 12.4. The van der Waals surface area contributed by atoms with E-state index in [4.69, 9.17) is 9.47 Å². The minimum atomic E-state index is -0.338. The summed E-state index contributed by atoms with van der Waals surface area (Å²) in [6, 6.07) is 0. The van der Waals surface area contributed by atoms with E-state index in [9.17, 15) is 0 Å². The minimum absolute atomic E-state index is 0.338. The number of rotatable bonds is 1. The van der Waals surface area contributed by atoms with Crippen molar-refractivity contribution >= 4 is 0 Å². The predicted octanol–water partition coefficient (Wildman–Crippen LogP) is 6.54. The molecule has 1 heterocycles. The van der Waals surface area contributed by atoms with Gasteiger partial charge in [0.15, 0.2) is 5.79 Å². The summed E-state index contributed by atoms with van der Waals surface area (Å²) in [7, 11) is 0. The van der Waals surface area contributed by atoms with E-state index in [2.05, 4.69) is 41.5 Å². The van der Waals surface area contributed by atoms with E-state index in [0.717, 1.165) is 54.6 Å². The first kappa shape index (κ1) is 19.9. The lowest BCUT2D eigenvalue weighted by Crippen LogP contribution is -2.59. The molecule has 0 bridgehead atoms. The van der Waals surface area contributed by atoms with Gasteiger partial charge in [0.05, 0.1) is 13.2 Å². The molecule has 0 radical (unpaired) electrons. The number of hydrogen-bond acceptors (Lipinski definition) is 2. The molecule has 2 nitrogen and oxygen atoms in total. The summed E-state index contributed by atoms with van der Waals surface area (Å²) < 4.78 is 12.5. The van der Waals surface area contributed by atoms with Gasteiger partial charge in [0.25, 0.3) is 0 Å². The lowest BCUT2D eigenvalue weighted by atomic mass is 9.40. The smallest absolute Gasteiger partial charge is 0.169 e. The van der Waals surface area contributed by atoms with E-state index in [1.165, 1.54) is 44.9 Å². The molecule has 5 rings (SSSR count). The molecular weight excluding hydrogens is 344 g/mol. The molecule has 0 aromatic rings. The Bertz CT molecular complexity index is 610. The van der Waals surface area contributed by atoms with Gasteiger partial charge in [0, 0.05) is 5.92 Å². The van der Waals surface area contributed by atoms with Crippen LogP contribution in [0.1, 0.15) is 86.5 Å². The molecule has 0 spiro atoms. The van der Waals surface area contributed by atoms with Crippen LogP contribution in [0.5, 0.6) is 0 Å². The van der Waals surface area contributed by atoms with Crippen molar-refractivity contribution in [3.05, 3.63) is 0 Å². The maximum absolute atomic E-state index is 6.25. The molecule has 10 atom stereocenters. The third-order valence-electron chi connectivity index (χ3n) is 11.4. The third kappa shape index (κ3) is 2.52. The highest BCUT2D eigenvalue weighted by Gasteiger charge is 2.66. The molecule has 1 saturated heterocycles. The van der Waals surface area contributed by atoms with Crippen molar-refractivity contribution < 1.29 is 9.47 Å². The van der Waals surface area contributed by atoms with E-state index in [1.54, 1.807) is 0 Å². The van der Waals surface area contributed by atoms with Crippen LogP contribution in [0, 0.1) is 58.2 Å². The summed E-state index contributed by atoms with van der Waals surface area (Å²) >= 11 is 0. The van der Waals surface area contributed by atoms with E-state index >= 15 is 0 Å². The van der Waals surface area contributed by atoms with E-state index in [-0.39, 0.29) is 5.79 Å². The van der Waals surface area contributed by atoms with Crippen LogP contribution in [0.15, 0.2) is 0 Å². The van der Waals surface area contributed by atoms with Crippen LogP contribution in [0.3, 0.4) is 0 Å². The summed E-state index contributed by atoms with van der Waals surface area (Å²) in [4.78, 5) is 0.